The van der Waals surface area contributed by atoms with Crippen molar-refractivity contribution in [2.75, 3.05) is 12.5 Å². The highest BCUT2D eigenvalue weighted by molar-refractivity contribution is 7.93. The lowest BCUT2D eigenvalue weighted by atomic mass is 10.3. The summed E-state index contributed by atoms with van der Waals surface area (Å²) in [6.07, 6.45) is 3.32. The summed E-state index contributed by atoms with van der Waals surface area (Å²) in [5.74, 6) is 0. The number of aromatic nitrogens is 2. The molecule has 0 N–H and O–H groups in total. The van der Waals surface area contributed by atoms with E-state index in [0.29, 0.717) is 5.39 Å². The molecule has 2 aromatic rings. The van der Waals surface area contributed by atoms with Gasteiger partial charge >= 0.3 is 0 Å². The second kappa shape index (κ2) is 3.99. The average Bonchev–Trinajstić information content (AvgIpc) is 2.25. The van der Waals surface area contributed by atoms with Crippen molar-refractivity contribution in [2.24, 2.45) is 0 Å². The van der Waals surface area contributed by atoms with Crippen LogP contribution < -0.4 is 0 Å². The summed E-state index contributed by atoms with van der Waals surface area (Å²) in [5, 5.41) is 0.0153. The fourth-order valence-electron chi connectivity index (χ4n) is 1.50. The van der Waals surface area contributed by atoms with E-state index in [9.17, 15) is 16.8 Å². The van der Waals surface area contributed by atoms with Gasteiger partial charge in [-0.1, -0.05) is 0 Å². The average molecular weight is 286 g/mol. The molecule has 0 spiro atoms. The lowest BCUT2D eigenvalue weighted by Crippen LogP contribution is -2.10. The zero-order chi connectivity index (χ0) is 13.6. The molecule has 0 aromatic carbocycles. The Morgan fingerprint density at radius 3 is 2.28 bits per heavy atom. The lowest BCUT2D eigenvalue weighted by Gasteiger charge is -2.06. The van der Waals surface area contributed by atoms with E-state index >= 15 is 0 Å². The first-order chi connectivity index (χ1) is 8.19. The molecule has 0 atom stereocenters. The molecule has 0 saturated heterocycles. The molecular weight excluding hydrogens is 276 g/mol. The maximum Gasteiger partial charge on any atom is 0.194 e. The zero-order valence-corrected chi connectivity index (χ0v) is 11.3. The van der Waals surface area contributed by atoms with Crippen molar-refractivity contribution < 1.29 is 16.8 Å². The van der Waals surface area contributed by atoms with E-state index in [0.717, 1.165) is 12.5 Å². The van der Waals surface area contributed by atoms with Gasteiger partial charge in [-0.2, -0.15) is 0 Å². The molecule has 0 aliphatic carbocycles. The van der Waals surface area contributed by atoms with E-state index in [1.165, 1.54) is 12.3 Å². The zero-order valence-electron chi connectivity index (χ0n) is 9.65. The van der Waals surface area contributed by atoms with Crippen LogP contribution in [0.4, 0.5) is 0 Å². The molecule has 0 saturated carbocycles. The quantitative estimate of drug-likeness (QED) is 0.795. The van der Waals surface area contributed by atoms with Gasteiger partial charge in [0, 0.05) is 24.1 Å². The largest absolute Gasteiger partial charge is 0.237 e. The Morgan fingerprint density at radius 2 is 1.72 bits per heavy atom. The second-order valence-electron chi connectivity index (χ2n) is 3.89. The Hall–Kier alpha value is -1.54. The molecule has 96 valence electrons. The van der Waals surface area contributed by atoms with Gasteiger partial charge in [0.05, 0.1) is 0 Å². The van der Waals surface area contributed by atoms with Crippen molar-refractivity contribution in [2.45, 2.75) is 9.92 Å². The Kier molecular flexibility index (Phi) is 2.86. The molecule has 2 aromatic heterocycles. The minimum Gasteiger partial charge on any atom is -0.237 e. The number of hydrogen-bond acceptors (Lipinski definition) is 6. The smallest absolute Gasteiger partial charge is 0.194 e. The van der Waals surface area contributed by atoms with Gasteiger partial charge in [0.25, 0.3) is 0 Å². The summed E-state index contributed by atoms with van der Waals surface area (Å²) in [6, 6.07) is 4.52. The van der Waals surface area contributed by atoms with Gasteiger partial charge in [-0.05, 0) is 18.2 Å². The van der Waals surface area contributed by atoms with Gasteiger partial charge in [-0.25, -0.2) is 26.8 Å². The molecule has 0 radical (unpaired) electrons. The van der Waals surface area contributed by atoms with Crippen LogP contribution >= 0.6 is 0 Å². The van der Waals surface area contributed by atoms with Crippen LogP contribution in [0.1, 0.15) is 0 Å². The van der Waals surface area contributed by atoms with Crippen LogP contribution in [0.2, 0.25) is 0 Å². The Labute approximate surface area is 105 Å². The Balaban J connectivity index is 2.99. The SMILES string of the molecule is CS(=O)(=O)c1cc2cccnc2nc1S(C)(=O)=O. The normalized spacial score (nSPS) is 12.8. The highest BCUT2D eigenvalue weighted by Gasteiger charge is 2.23. The number of pyridine rings is 2. The summed E-state index contributed by atoms with van der Waals surface area (Å²) < 4.78 is 46.4. The van der Waals surface area contributed by atoms with Gasteiger partial charge in [0.2, 0.25) is 0 Å². The summed E-state index contributed by atoms with van der Waals surface area (Å²) >= 11 is 0. The second-order valence-corrected chi connectivity index (χ2v) is 7.80. The van der Waals surface area contributed by atoms with E-state index in [1.807, 2.05) is 0 Å². The van der Waals surface area contributed by atoms with Crippen LogP contribution in [-0.2, 0) is 19.7 Å². The number of hydrogen-bond donors (Lipinski definition) is 0. The van der Waals surface area contributed by atoms with Gasteiger partial charge in [0.15, 0.2) is 30.3 Å². The van der Waals surface area contributed by atoms with Gasteiger partial charge in [-0.3, -0.25) is 0 Å². The monoisotopic (exact) mass is 286 g/mol. The van der Waals surface area contributed by atoms with E-state index in [2.05, 4.69) is 9.97 Å². The third kappa shape index (κ3) is 2.34. The molecule has 0 amide bonds. The molecule has 0 aliphatic heterocycles. The summed E-state index contributed by atoms with van der Waals surface area (Å²) in [4.78, 5) is 7.44. The van der Waals surface area contributed by atoms with Crippen LogP contribution in [0, 0.1) is 0 Å². The van der Waals surface area contributed by atoms with Crippen molar-refractivity contribution in [3.8, 4) is 0 Å². The maximum absolute atomic E-state index is 11.6. The molecular formula is C10H10N2O4S2. The molecule has 0 bridgehead atoms. The molecule has 2 heterocycles. The van der Waals surface area contributed by atoms with E-state index < -0.39 is 24.7 Å². The summed E-state index contributed by atoms with van der Waals surface area (Å²) in [6.45, 7) is 0. The van der Waals surface area contributed by atoms with Crippen LogP contribution in [0.25, 0.3) is 11.0 Å². The number of sulfone groups is 2. The van der Waals surface area contributed by atoms with Crippen molar-refractivity contribution in [1.29, 1.82) is 0 Å². The van der Waals surface area contributed by atoms with E-state index in [4.69, 9.17) is 0 Å². The first kappa shape index (κ1) is 12.9. The Bertz CT molecular complexity index is 756. The summed E-state index contributed by atoms with van der Waals surface area (Å²) in [7, 11) is -7.42. The predicted molar refractivity (Wildman–Crippen MR) is 65.8 cm³/mol. The maximum atomic E-state index is 11.6. The molecule has 0 aliphatic rings. The summed E-state index contributed by atoms with van der Waals surface area (Å²) in [5.41, 5.74) is 0.199. The van der Waals surface area contributed by atoms with Crippen LogP contribution in [-0.4, -0.2) is 39.3 Å². The van der Waals surface area contributed by atoms with Crippen molar-refractivity contribution in [3.05, 3.63) is 24.4 Å². The molecule has 6 nitrogen and oxygen atoms in total. The van der Waals surface area contributed by atoms with E-state index in [-0.39, 0.29) is 10.5 Å². The van der Waals surface area contributed by atoms with Crippen LogP contribution in [0.15, 0.2) is 34.3 Å². The number of fused-ring (bicyclic) bond motifs is 1. The van der Waals surface area contributed by atoms with Crippen molar-refractivity contribution in [1.82, 2.24) is 9.97 Å². The fraction of sp³-hybridized carbons (Fsp3) is 0.200. The highest BCUT2D eigenvalue weighted by Crippen LogP contribution is 2.23. The first-order valence-corrected chi connectivity index (χ1v) is 8.64. The standard InChI is InChI=1S/C10H10N2O4S2/c1-17(13,14)8-6-7-4-3-5-11-9(7)12-10(8)18(2,15)16/h3-6H,1-2H3. The molecule has 2 rings (SSSR count). The third-order valence-corrected chi connectivity index (χ3v) is 4.53. The highest BCUT2D eigenvalue weighted by atomic mass is 32.2. The topological polar surface area (TPSA) is 94.1 Å². The van der Waals surface area contributed by atoms with Gasteiger partial charge in [0.1, 0.15) is 4.90 Å². The molecule has 0 unspecified atom stereocenters. The third-order valence-electron chi connectivity index (χ3n) is 2.27. The predicted octanol–water partition coefficient (Wildman–Crippen LogP) is 0.437. The first-order valence-electron chi connectivity index (χ1n) is 4.85. The van der Waals surface area contributed by atoms with Gasteiger partial charge < -0.3 is 0 Å². The minimum absolute atomic E-state index is 0.199. The number of rotatable bonds is 2. The van der Waals surface area contributed by atoms with Crippen LogP contribution in [0.5, 0.6) is 0 Å². The number of nitrogens with zero attached hydrogens (tertiary/aromatic N) is 2. The molecule has 0 fully saturated rings. The van der Waals surface area contributed by atoms with Crippen molar-refractivity contribution in [3.63, 3.8) is 0 Å². The minimum atomic E-state index is -3.74. The lowest BCUT2D eigenvalue weighted by molar-refractivity contribution is 0.584. The van der Waals surface area contributed by atoms with Gasteiger partial charge in [-0.15, -0.1) is 0 Å². The molecule has 18 heavy (non-hydrogen) atoms. The van der Waals surface area contributed by atoms with Crippen molar-refractivity contribution >= 4 is 30.7 Å². The fourth-order valence-corrected chi connectivity index (χ4v) is 3.79. The Morgan fingerprint density at radius 1 is 1.06 bits per heavy atom. The van der Waals surface area contributed by atoms with E-state index in [1.54, 1.807) is 12.1 Å². The molecule has 8 heteroatoms. The van der Waals surface area contributed by atoms with Crippen LogP contribution in [0.3, 0.4) is 0 Å².